The number of carbonyl (C=O) groups excluding carboxylic acids is 2. The molecule has 7 heteroatoms. The van der Waals surface area contributed by atoms with Crippen LogP contribution in [0.4, 0.5) is 16.3 Å². The van der Waals surface area contributed by atoms with Gasteiger partial charge >= 0.3 is 6.09 Å². The third-order valence-electron chi connectivity index (χ3n) is 5.89. The van der Waals surface area contributed by atoms with E-state index in [2.05, 4.69) is 20.6 Å². The Bertz CT molecular complexity index is 1280. The molecule has 182 valence electrons. The van der Waals surface area contributed by atoms with Gasteiger partial charge in [-0.1, -0.05) is 24.1 Å². The molecule has 7 nitrogen and oxygen atoms in total. The molecule has 0 radical (unpaired) electrons. The van der Waals surface area contributed by atoms with Crippen molar-refractivity contribution in [3.8, 4) is 11.3 Å². The number of amides is 2. The first-order valence-corrected chi connectivity index (χ1v) is 12.0. The van der Waals surface area contributed by atoms with E-state index < -0.39 is 11.7 Å². The van der Waals surface area contributed by atoms with Gasteiger partial charge in [-0.2, -0.15) is 0 Å². The second-order valence-corrected chi connectivity index (χ2v) is 9.93. The van der Waals surface area contributed by atoms with E-state index >= 15 is 0 Å². The lowest BCUT2D eigenvalue weighted by Crippen LogP contribution is -2.27. The Morgan fingerprint density at radius 1 is 1.03 bits per heavy atom. The van der Waals surface area contributed by atoms with Crippen molar-refractivity contribution in [3.63, 3.8) is 0 Å². The molecule has 0 saturated heterocycles. The zero-order chi connectivity index (χ0) is 25.0. The fourth-order valence-electron chi connectivity index (χ4n) is 4.30. The summed E-state index contributed by atoms with van der Waals surface area (Å²) in [6, 6.07) is 9.48. The molecule has 3 aromatic rings. The van der Waals surface area contributed by atoms with Crippen LogP contribution in [0, 0.1) is 6.92 Å². The SMILES string of the molecule is Cc1ccnc(NC(=O)C=C2CCCCC2)c1-c1cc2cccc(NC(=O)OC(C)(C)C)c2cn1. The molecule has 2 aromatic heterocycles. The number of hydrogen-bond acceptors (Lipinski definition) is 5. The van der Waals surface area contributed by atoms with Gasteiger partial charge in [0.2, 0.25) is 5.91 Å². The molecule has 1 fully saturated rings. The molecule has 1 aliphatic carbocycles. The molecule has 1 saturated carbocycles. The number of nitrogens with one attached hydrogen (secondary N) is 2. The van der Waals surface area contributed by atoms with Gasteiger partial charge in [0.25, 0.3) is 0 Å². The largest absolute Gasteiger partial charge is 0.444 e. The van der Waals surface area contributed by atoms with Gasteiger partial charge in [0.1, 0.15) is 11.4 Å². The number of allylic oxidation sites excluding steroid dienone is 1. The Morgan fingerprint density at radius 3 is 2.54 bits per heavy atom. The van der Waals surface area contributed by atoms with Gasteiger partial charge in [0, 0.05) is 29.4 Å². The first-order chi connectivity index (χ1) is 16.7. The van der Waals surface area contributed by atoms with Gasteiger partial charge in [0.05, 0.1) is 11.4 Å². The molecular formula is C28H32N4O3. The maximum atomic E-state index is 12.7. The average Bonchev–Trinajstić information content (AvgIpc) is 2.78. The van der Waals surface area contributed by atoms with Gasteiger partial charge in [-0.15, -0.1) is 0 Å². The van der Waals surface area contributed by atoms with Gasteiger partial charge < -0.3 is 10.1 Å². The van der Waals surface area contributed by atoms with Crippen molar-refractivity contribution in [1.82, 2.24) is 9.97 Å². The highest BCUT2D eigenvalue weighted by Gasteiger charge is 2.18. The monoisotopic (exact) mass is 472 g/mol. The molecule has 2 amide bonds. The summed E-state index contributed by atoms with van der Waals surface area (Å²) < 4.78 is 5.38. The number of anilines is 2. The summed E-state index contributed by atoms with van der Waals surface area (Å²) in [5, 5.41) is 7.46. The number of carbonyl (C=O) groups is 2. The maximum Gasteiger partial charge on any atom is 0.412 e. The van der Waals surface area contributed by atoms with Crippen LogP contribution in [0.25, 0.3) is 22.0 Å². The highest BCUT2D eigenvalue weighted by atomic mass is 16.6. The molecule has 0 spiro atoms. The minimum absolute atomic E-state index is 0.161. The normalized spacial score (nSPS) is 13.9. The highest BCUT2D eigenvalue weighted by Crippen LogP contribution is 2.32. The van der Waals surface area contributed by atoms with Crippen molar-refractivity contribution in [1.29, 1.82) is 0 Å². The van der Waals surface area contributed by atoms with Crippen LogP contribution in [0.1, 0.15) is 58.4 Å². The zero-order valence-electron chi connectivity index (χ0n) is 20.8. The summed E-state index contributed by atoms with van der Waals surface area (Å²) in [4.78, 5) is 34.1. The highest BCUT2D eigenvalue weighted by molar-refractivity contribution is 6.03. The Balaban J connectivity index is 1.63. The second-order valence-electron chi connectivity index (χ2n) is 9.93. The Labute approximate surface area is 206 Å². The molecule has 2 heterocycles. The minimum Gasteiger partial charge on any atom is -0.444 e. The first kappa shape index (κ1) is 24.4. The molecule has 0 unspecified atom stereocenters. The van der Waals surface area contributed by atoms with Gasteiger partial charge in [0.15, 0.2) is 0 Å². The molecule has 4 rings (SSSR count). The second kappa shape index (κ2) is 10.3. The van der Waals surface area contributed by atoms with E-state index in [0.717, 1.165) is 47.6 Å². The topological polar surface area (TPSA) is 93.2 Å². The van der Waals surface area contributed by atoms with Gasteiger partial charge in [-0.3, -0.25) is 15.1 Å². The molecular weight excluding hydrogens is 440 g/mol. The van der Waals surface area contributed by atoms with Crippen LogP contribution in [0.3, 0.4) is 0 Å². The lowest BCUT2D eigenvalue weighted by molar-refractivity contribution is -0.112. The van der Waals surface area contributed by atoms with Gasteiger partial charge in [-0.25, -0.2) is 9.78 Å². The zero-order valence-corrected chi connectivity index (χ0v) is 20.8. The number of aryl methyl sites for hydroxylation is 1. The van der Waals surface area contributed by atoms with E-state index in [-0.39, 0.29) is 5.91 Å². The summed E-state index contributed by atoms with van der Waals surface area (Å²) in [7, 11) is 0. The predicted octanol–water partition coefficient (Wildman–Crippen LogP) is 6.78. The molecule has 0 aliphatic heterocycles. The summed E-state index contributed by atoms with van der Waals surface area (Å²) >= 11 is 0. The van der Waals surface area contributed by atoms with Crippen molar-refractivity contribution in [2.75, 3.05) is 10.6 Å². The standard InChI is InChI=1S/C28H32N4O3/c1-18-13-14-29-26(32-24(33)15-19-9-6-5-7-10-19)25(18)23-16-20-11-8-12-22(21(20)17-30-23)31-27(34)35-28(2,3)4/h8,11-17H,5-7,9-10H2,1-4H3,(H,31,34)(H,29,32,33). The van der Waals surface area contributed by atoms with E-state index in [1.165, 1.54) is 12.0 Å². The molecule has 2 N–H and O–H groups in total. The lowest BCUT2D eigenvalue weighted by atomic mass is 9.94. The van der Waals surface area contributed by atoms with E-state index in [0.29, 0.717) is 17.2 Å². The van der Waals surface area contributed by atoms with Crippen molar-refractivity contribution in [2.24, 2.45) is 0 Å². The Hall–Kier alpha value is -3.74. The van der Waals surface area contributed by atoms with E-state index in [1.54, 1.807) is 18.5 Å². The van der Waals surface area contributed by atoms with Crippen molar-refractivity contribution in [3.05, 3.63) is 59.9 Å². The number of benzene rings is 1. The molecule has 1 aliphatic rings. The first-order valence-electron chi connectivity index (χ1n) is 12.0. The average molecular weight is 473 g/mol. The van der Waals surface area contributed by atoms with Crippen molar-refractivity contribution in [2.45, 2.75) is 65.4 Å². The van der Waals surface area contributed by atoms with Crippen LogP contribution in [0.2, 0.25) is 0 Å². The molecule has 1 aromatic carbocycles. The van der Waals surface area contributed by atoms with Crippen molar-refractivity contribution >= 4 is 34.3 Å². The number of fused-ring (bicyclic) bond motifs is 1. The third kappa shape index (κ3) is 6.23. The number of nitrogens with zero attached hydrogens (tertiary/aromatic N) is 2. The van der Waals surface area contributed by atoms with Crippen LogP contribution in [-0.4, -0.2) is 27.6 Å². The van der Waals surface area contributed by atoms with E-state index in [1.807, 2.05) is 58.0 Å². The van der Waals surface area contributed by atoms with Crippen LogP contribution in [0.15, 0.2) is 54.4 Å². The predicted molar refractivity (Wildman–Crippen MR) is 139 cm³/mol. The van der Waals surface area contributed by atoms with Crippen LogP contribution < -0.4 is 10.6 Å². The van der Waals surface area contributed by atoms with Crippen LogP contribution in [-0.2, 0) is 9.53 Å². The van der Waals surface area contributed by atoms with Gasteiger partial charge in [-0.05, 0) is 82.5 Å². The number of ether oxygens (including phenoxy) is 1. The molecule has 35 heavy (non-hydrogen) atoms. The number of hydrogen-bond donors (Lipinski definition) is 2. The fourth-order valence-corrected chi connectivity index (χ4v) is 4.30. The smallest absolute Gasteiger partial charge is 0.412 e. The summed E-state index contributed by atoms with van der Waals surface area (Å²) in [5.74, 6) is 0.323. The number of pyridine rings is 2. The number of rotatable bonds is 4. The Morgan fingerprint density at radius 2 is 1.80 bits per heavy atom. The third-order valence-corrected chi connectivity index (χ3v) is 5.89. The lowest BCUT2D eigenvalue weighted by Gasteiger charge is -2.20. The van der Waals surface area contributed by atoms with E-state index in [4.69, 9.17) is 4.74 Å². The summed E-state index contributed by atoms with van der Waals surface area (Å²) in [6.07, 6.45) is 10.1. The maximum absolute atomic E-state index is 12.7. The summed E-state index contributed by atoms with van der Waals surface area (Å²) in [5.41, 5.74) is 3.64. The molecule has 0 atom stereocenters. The molecule has 0 bridgehead atoms. The Kier molecular flexibility index (Phi) is 7.15. The van der Waals surface area contributed by atoms with Crippen LogP contribution in [0.5, 0.6) is 0 Å². The van der Waals surface area contributed by atoms with E-state index in [9.17, 15) is 9.59 Å². The van der Waals surface area contributed by atoms with Crippen LogP contribution >= 0.6 is 0 Å². The fraction of sp³-hybridized carbons (Fsp3) is 0.357. The van der Waals surface area contributed by atoms with Crippen molar-refractivity contribution < 1.29 is 14.3 Å². The number of aromatic nitrogens is 2. The summed E-state index contributed by atoms with van der Waals surface area (Å²) in [6.45, 7) is 7.43. The quantitative estimate of drug-likeness (QED) is 0.408. The minimum atomic E-state index is -0.592.